The van der Waals surface area contributed by atoms with Gasteiger partial charge in [0.1, 0.15) is 0 Å². The zero-order chi connectivity index (χ0) is 12.8. The molecule has 0 heterocycles. The summed E-state index contributed by atoms with van der Waals surface area (Å²) in [7, 11) is 0. The third-order valence-electron chi connectivity index (χ3n) is 1.50. The zero-order valence-corrected chi connectivity index (χ0v) is 10.0. The van der Waals surface area contributed by atoms with Crippen molar-refractivity contribution in [3.8, 4) is 0 Å². The van der Waals surface area contributed by atoms with Crippen molar-refractivity contribution < 1.29 is 14.4 Å². The van der Waals surface area contributed by atoms with Crippen LogP contribution >= 0.6 is 23.2 Å². The van der Waals surface area contributed by atoms with E-state index >= 15 is 0 Å². The molecule has 0 aliphatic rings. The highest BCUT2D eigenvalue weighted by molar-refractivity contribution is 6.35. The van der Waals surface area contributed by atoms with Crippen molar-refractivity contribution in [2.75, 3.05) is 11.9 Å². The number of urea groups is 1. The fourth-order valence-corrected chi connectivity index (χ4v) is 1.48. The molecule has 0 atom stereocenters. The zero-order valence-electron chi connectivity index (χ0n) is 8.50. The molecular weight excluding hydrogens is 269 g/mol. The maximum atomic E-state index is 11.2. The molecule has 1 aromatic rings. The Morgan fingerprint density at radius 2 is 1.82 bits per heavy atom. The van der Waals surface area contributed by atoms with Crippen LogP contribution in [0.25, 0.3) is 0 Å². The lowest BCUT2D eigenvalue weighted by atomic mass is 10.3. The third-order valence-corrected chi connectivity index (χ3v) is 1.94. The number of benzene rings is 1. The van der Waals surface area contributed by atoms with E-state index in [2.05, 4.69) is 10.2 Å². The number of hydrogen-bond donors (Lipinski definition) is 3. The van der Waals surface area contributed by atoms with E-state index in [0.29, 0.717) is 15.7 Å². The number of amides is 3. The van der Waals surface area contributed by atoms with Crippen LogP contribution in [0.3, 0.4) is 0 Å². The minimum absolute atomic E-state index is 0.380. The summed E-state index contributed by atoms with van der Waals surface area (Å²) in [4.78, 5) is 26.0. The molecule has 6 nitrogen and oxygen atoms in total. The Bertz CT molecular complexity index is 419. The molecule has 0 saturated heterocycles. The van der Waals surface area contributed by atoms with Crippen molar-refractivity contribution in [2.45, 2.75) is 0 Å². The molecule has 8 heteroatoms. The lowest BCUT2D eigenvalue weighted by molar-refractivity contribution is -0.124. The fraction of sp³-hybridized carbons (Fsp3) is 0.111. The van der Waals surface area contributed by atoms with Crippen LogP contribution < -0.4 is 16.5 Å². The summed E-state index contributed by atoms with van der Waals surface area (Å²) in [5.74, 6) is -0.698. The molecule has 0 unspecified atom stereocenters. The molecule has 0 fully saturated rings. The number of rotatable bonds is 4. The van der Waals surface area contributed by atoms with E-state index in [9.17, 15) is 9.59 Å². The number of carbonyl (C=O) groups is 2. The maximum Gasteiger partial charge on any atom is 0.343 e. The van der Waals surface area contributed by atoms with E-state index in [-0.39, 0.29) is 0 Å². The van der Waals surface area contributed by atoms with E-state index in [1.165, 1.54) is 18.2 Å². The number of nitrogens with two attached hydrogens (primary N) is 1. The lowest BCUT2D eigenvalue weighted by Gasteiger charge is -2.07. The van der Waals surface area contributed by atoms with E-state index in [0.717, 1.165) is 0 Å². The summed E-state index contributed by atoms with van der Waals surface area (Å²) in [6, 6.07) is 3.85. The number of halogens is 2. The predicted octanol–water partition coefficient (Wildman–Crippen LogP) is 1.53. The first-order chi connectivity index (χ1) is 7.97. The second kappa shape index (κ2) is 6.29. The van der Waals surface area contributed by atoms with Crippen LogP contribution in [0.2, 0.25) is 10.0 Å². The van der Waals surface area contributed by atoms with Crippen molar-refractivity contribution in [3.05, 3.63) is 28.2 Å². The van der Waals surface area contributed by atoms with Crippen LogP contribution in [-0.4, -0.2) is 18.5 Å². The van der Waals surface area contributed by atoms with Crippen LogP contribution in [0.4, 0.5) is 10.5 Å². The molecular formula is C9H9Cl2N3O3. The number of anilines is 1. The SMILES string of the molecule is NC(=O)CONC(=O)Nc1cc(Cl)cc(Cl)c1. The van der Waals surface area contributed by atoms with Gasteiger partial charge in [-0.3, -0.25) is 9.63 Å². The van der Waals surface area contributed by atoms with Crippen molar-refractivity contribution in [1.29, 1.82) is 0 Å². The fourth-order valence-electron chi connectivity index (χ4n) is 0.955. The maximum absolute atomic E-state index is 11.2. The van der Waals surface area contributed by atoms with E-state index in [4.69, 9.17) is 28.9 Å². The minimum atomic E-state index is -0.698. The molecule has 0 bridgehead atoms. The quantitative estimate of drug-likeness (QED) is 0.729. The normalized spacial score (nSPS) is 9.76. The molecule has 0 radical (unpaired) electrons. The van der Waals surface area contributed by atoms with Gasteiger partial charge in [0, 0.05) is 15.7 Å². The number of hydrogen-bond acceptors (Lipinski definition) is 3. The summed E-state index contributed by atoms with van der Waals surface area (Å²) in [5.41, 5.74) is 7.16. The van der Waals surface area contributed by atoms with Crippen molar-refractivity contribution in [2.24, 2.45) is 5.73 Å². The summed E-state index contributed by atoms with van der Waals surface area (Å²) in [5, 5.41) is 3.16. The third kappa shape index (κ3) is 5.39. The number of carbonyl (C=O) groups excluding carboxylic acids is 2. The minimum Gasteiger partial charge on any atom is -0.368 e. The standard InChI is InChI=1S/C9H9Cl2N3O3/c10-5-1-6(11)3-7(2-5)13-9(16)14-17-4-8(12)15/h1-3H,4H2,(H2,12,15)(H2,13,14,16). The largest absolute Gasteiger partial charge is 0.368 e. The van der Waals surface area contributed by atoms with Gasteiger partial charge in [-0.2, -0.15) is 0 Å². The van der Waals surface area contributed by atoms with Gasteiger partial charge in [-0.15, -0.1) is 0 Å². The summed E-state index contributed by atoms with van der Waals surface area (Å²) >= 11 is 11.5. The van der Waals surface area contributed by atoms with Gasteiger partial charge >= 0.3 is 6.03 Å². The van der Waals surface area contributed by atoms with E-state index < -0.39 is 18.5 Å². The van der Waals surface area contributed by atoms with Crippen LogP contribution in [-0.2, 0) is 9.63 Å². The second-order valence-corrected chi connectivity index (χ2v) is 3.84. The topological polar surface area (TPSA) is 93.5 Å². The van der Waals surface area contributed by atoms with Gasteiger partial charge in [-0.25, -0.2) is 10.3 Å². The second-order valence-electron chi connectivity index (χ2n) is 2.97. The number of nitrogens with one attached hydrogen (secondary N) is 2. The van der Waals surface area contributed by atoms with Gasteiger partial charge < -0.3 is 11.1 Å². The molecule has 0 aliphatic heterocycles. The Morgan fingerprint density at radius 1 is 1.24 bits per heavy atom. The highest BCUT2D eigenvalue weighted by Gasteiger charge is 2.04. The Labute approximate surface area is 107 Å². The van der Waals surface area contributed by atoms with Crippen LogP contribution in [0.15, 0.2) is 18.2 Å². The van der Waals surface area contributed by atoms with Crippen molar-refractivity contribution in [1.82, 2.24) is 5.48 Å². The molecule has 0 aliphatic carbocycles. The molecule has 17 heavy (non-hydrogen) atoms. The molecule has 3 amide bonds. The average Bonchev–Trinajstić information content (AvgIpc) is 2.14. The van der Waals surface area contributed by atoms with E-state index in [1.807, 2.05) is 5.48 Å². The van der Waals surface area contributed by atoms with Crippen LogP contribution in [0.1, 0.15) is 0 Å². The average molecular weight is 278 g/mol. The van der Waals surface area contributed by atoms with Gasteiger partial charge in [0.05, 0.1) is 0 Å². The predicted molar refractivity (Wildman–Crippen MR) is 63.8 cm³/mol. The van der Waals surface area contributed by atoms with Gasteiger partial charge in [0.15, 0.2) is 6.61 Å². The first-order valence-electron chi connectivity index (χ1n) is 4.40. The molecule has 0 aromatic heterocycles. The van der Waals surface area contributed by atoms with Gasteiger partial charge in [0.25, 0.3) is 0 Å². The van der Waals surface area contributed by atoms with Crippen molar-refractivity contribution in [3.63, 3.8) is 0 Å². The lowest BCUT2D eigenvalue weighted by Crippen LogP contribution is -2.32. The van der Waals surface area contributed by atoms with Gasteiger partial charge in [-0.1, -0.05) is 23.2 Å². The summed E-state index contributed by atoms with van der Waals surface area (Å²) in [6.45, 7) is -0.413. The van der Waals surface area contributed by atoms with Gasteiger partial charge in [0.2, 0.25) is 5.91 Å². The van der Waals surface area contributed by atoms with Crippen LogP contribution in [0.5, 0.6) is 0 Å². The molecule has 1 rings (SSSR count). The Hall–Kier alpha value is -1.50. The van der Waals surface area contributed by atoms with Crippen LogP contribution in [0, 0.1) is 0 Å². The number of primary amides is 1. The molecule has 4 N–H and O–H groups in total. The first kappa shape index (κ1) is 13.6. The molecule has 92 valence electrons. The summed E-state index contributed by atoms with van der Waals surface area (Å²) < 4.78 is 0. The Balaban J connectivity index is 2.47. The van der Waals surface area contributed by atoms with Crippen molar-refractivity contribution >= 4 is 40.8 Å². The highest BCUT2D eigenvalue weighted by Crippen LogP contribution is 2.22. The molecule has 0 spiro atoms. The van der Waals surface area contributed by atoms with Gasteiger partial charge in [-0.05, 0) is 18.2 Å². The van der Waals surface area contributed by atoms with E-state index in [1.54, 1.807) is 0 Å². The highest BCUT2D eigenvalue weighted by atomic mass is 35.5. The smallest absolute Gasteiger partial charge is 0.343 e. The molecule has 1 aromatic carbocycles. The number of hydroxylamine groups is 1. The summed E-state index contributed by atoms with van der Waals surface area (Å²) in [6.07, 6.45) is 0. The Morgan fingerprint density at radius 3 is 2.35 bits per heavy atom. The Kier molecular flexibility index (Phi) is 5.02. The molecule has 0 saturated carbocycles. The monoisotopic (exact) mass is 277 g/mol. The first-order valence-corrected chi connectivity index (χ1v) is 5.16.